The zero-order valence-corrected chi connectivity index (χ0v) is 17.3. The van der Waals surface area contributed by atoms with E-state index < -0.39 is 11.9 Å². The number of nitrogen functional groups attached to an aromatic ring is 2. The van der Waals surface area contributed by atoms with Gasteiger partial charge in [0, 0.05) is 0 Å². The molecule has 2 aromatic heterocycles. The highest BCUT2D eigenvalue weighted by atomic mass is 16.5. The van der Waals surface area contributed by atoms with E-state index in [0.29, 0.717) is 24.5 Å². The molecule has 0 spiro atoms. The van der Waals surface area contributed by atoms with Crippen molar-refractivity contribution in [3.63, 3.8) is 0 Å². The van der Waals surface area contributed by atoms with Crippen LogP contribution in [0.2, 0.25) is 0 Å². The number of esters is 2. The minimum Gasteiger partial charge on any atom is -0.462 e. The van der Waals surface area contributed by atoms with Gasteiger partial charge in [0.05, 0.1) is 43.1 Å². The zero-order chi connectivity index (χ0) is 21.9. The largest absolute Gasteiger partial charge is 0.462 e. The molecule has 0 radical (unpaired) electrons. The molecule has 10 nitrogen and oxygen atoms in total. The van der Waals surface area contributed by atoms with Crippen molar-refractivity contribution in [2.24, 2.45) is 0 Å². The molecule has 0 fully saturated rings. The Bertz CT molecular complexity index is 680. The topological polar surface area (TPSA) is 156 Å². The van der Waals surface area contributed by atoms with E-state index in [4.69, 9.17) is 16.2 Å². The number of hydrogen-bond donors (Lipinski definition) is 2. The Morgan fingerprint density at radius 3 is 1.86 bits per heavy atom. The van der Waals surface area contributed by atoms with Gasteiger partial charge in [0.1, 0.15) is 5.82 Å². The number of nitrogens with two attached hydrogens (primary N) is 2. The van der Waals surface area contributed by atoms with Gasteiger partial charge < -0.3 is 20.9 Å². The lowest BCUT2D eigenvalue weighted by molar-refractivity contribution is 0.0507. The molecule has 2 aromatic rings. The van der Waals surface area contributed by atoms with Crippen molar-refractivity contribution in [2.45, 2.75) is 41.5 Å². The number of ether oxygens (including phenoxy) is 2. The molecule has 0 saturated carbocycles. The average molecular weight is 394 g/mol. The SMILES string of the molecule is CC.CC.CCOC(=O)c1cnnc(N)c1.CCOC(=O)c1ncc(N)cn1. The van der Waals surface area contributed by atoms with Crippen LogP contribution in [0, 0.1) is 0 Å². The van der Waals surface area contributed by atoms with Gasteiger partial charge in [-0.2, -0.15) is 5.10 Å². The van der Waals surface area contributed by atoms with Crippen LogP contribution >= 0.6 is 0 Å². The summed E-state index contributed by atoms with van der Waals surface area (Å²) in [4.78, 5) is 29.4. The molecular weight excluding hydrogens is 364 g/mol. The van der Waals surface area contributed by atoms with E-state index in [0.717, 1.165) is 0 Å². The maximum Gasteiger partial charge on any atom is 0.376 e. The summed E-state index contributed by atoms with van der Waals surface area (Å²) in [6, 6.07) is 1.42. The van der Waals surface area contributed by atoms with Crippen LogP contribution in [0.1, 0.15) is 62.5 Å². The highest BCUT2D eigenvalue weighted by molar-refractivity contribution is 5.89. The zero-order valence-electron chi connectivity index (χ0n) is 17.3. The molecule has 0 aromatic carbocycles. The third-order valence-corrected chi connectivity index (χ3v) is 2.31. The molecule has 0 bridgehead atoms. The number of rotatable bonds is 4. The third-order valence-electron chi connectivity index (χ3n) is 2.31. The van der Waals surface area contributed by atoms with Gasteiger partial charge in [-0.15, -0.1) is 5.10 Å². The number of carbonyl (C=O) groups excluding carboxylic acids is 2. The molecular formula is C18H30N6O4. The second-order valence-corrected chi connectivity index (χ2v) is 4.15. The van der Waals surface area contributed by atoms with Crippen LogP contribution in [0.3, 0.4) is 0 Å². The van der Waals surface area contributed by atoms with Crippen molar-refractivity contribution >= 4 is 23.4 Å². The minimum absolute atomic E-state index is 0.0334. The smallest absolute Gasteiger partial charge is 0.376 e. The fraction of sp³-hybridized carbons (Fsp3) is 0.444. The van der Waals surface area contributed by atoms with E-state index >= 15 is 0 Å². The van der Waals surface area contributed by atoms with Crippen molar-refractivity contribution < 1.29 is 19.1 Å². The van der Waals surface area contributed by atoms with E-state index in [2.05, 4.69) is 24.9 Å². The highest BCUT2D eigenvalue weighted by Gasteiger charge is 2.08. The summed E-state index contributed by atoms with van der Waals surface area (Å²) in [5, 5.41) is 7.01. The van der Waals surface area contributed by atoms with Gasteiger partial charge in [-0.05, 0) is 19.9 Å². The third kappa shape index (κ3) is 11.3. The first-order valence-corrected chi connectivity index (χ1v) is 8.97. The summed E-state index contributed by atoms with van der Waals surface area (Å²) in [6.45, 7) is 12.1. The summed E-state index contributed by atoms with van der Waals surface area (Å²) in [5.74, 6) is -0.719. The van der Waals surface area contributed by atoms with Gasteiger partial charge in [0.25, 0.3) is 0 Å². The molecule has 0 aliphatic carbocycles. The summed E-state index contributed by atoms with van der Waals surface area (Å²) < 4.78 is 9.38. The Kier molecular flexibility index (Phi) is 16.5. The van der Waals surface area contributed by atoms with Crippen molar-refractivity contribution in [1.82, 2.24) is 20.2 Å². The Hall–Kier alpha value is -3.30. The number of anilines is 2. The quantitative estimate of drug-likeness (QED) is 0.738. The number of hydrogen-bond acceptors (Lipinski definition) is 10. The summed E-state index contributed by atoms with van der Waals surface area (Å²) in [6.07, 6.45) is 4.03. The first-order chi connectivity index (χ1) is 13.5. The van der Waals surface area contributed by atoms with Gasteiger partial charge in [-0.25, -0.2) is 19.6 Å². The van der Waals surface area contributed by atoms with Gasteiger partial charge in [-0.3, -0.25) is 0 Å². The summed E-state index contributed by atoms with van der Waals surface area (Å²) in [5.41, 5.74) is 11.4. The van der Waals surface area contributed by atoms with E-state index in [1.807, 2.05) is 27.7 Å². The van der Waals surface area contributed by atoms with E-state index in [9.17, 15) is 9.59 Å². The maximum atomic E-state index is 11.1. The molecule has 0 aliphatic heterocycles. The molecule has 0 atom stereocenters. The molecule has 0 amide bonds. The van der Waals surface area contributed by atoms with Crippen LogP contribution in [0.5, 0.6) is 0 Å². The lowest BCUT2D eigenvalue weighted by Gasteiger charge is -1.99. The van der Waals surface area contributed by atoms with E-state index in [1.165, 1.54) is 24.7 Å². The molecule has 156 valence electrons. The molecule has 4 N–H and O–H groups in total. The molecule has 0 aliphatic rings. The van der Waals surface area contributed by atoms with Gasteiger partial charge in [0.2, 0.25) is 5.82 Å². The Morgan fingerprint density at radius 2 is 1.39 bits per heavy atom. The lowest BCUT2D eigenvalue weighted by atomic mass is 10.3. The Labute approximate surface area is 165 Å². The first-order valence-electron chi connectivity index (χ1n) is 8.97. The normalized spacial score (nSPS) is 8.50. The standard InChI is InChI=1S/2C7H9N3O2.2C2H6/c1-2-12-7(11)6-9-3-5(8)4-10-6;1-2-12-7(11)5-3-6(8)10-9-4-5;2*1-2/h3-4H,2,8H2,1H3;3-4H,2H2,1H3,(H2,8,10);2*1-2H3. The predicted molar refractivity (Wildman–Crippen MR) is 107 cm³/mol. The summed E-state index contributed by atoms with van der Waals surface area (Å²) in [7, 11) is 0. The van der Waals surface area contributed by atoms with E-state index in [-0.39, 0.29) is 11.6 Å². The van der Waals surface area contributed by atoms with Gasteiger partial charge in [0.15, 0.2) is 0 Å². The van der Waals surface area contributed by atoms with Crippen LogP contribution < -0.4 is 11.5 Å². The molecule has 0 saturated heterocycles. The van der Waals surface area contributed by atoms with Crippen LogP contribution in [0.4, 0.5) is 11.5 Å². The van der Waals surface area contributed by atoms with Crippen molar-refractivity contribution in [3.05, 3.63) is 36.0 Å². The predicted octanol–water partition coefficient (Wildman–Crippen LogP) is 2.52. The summed E-state index contributed by atoms with van der Waals surface area (Å²) >= 11 is 0. The second kappa shape index (κ2) is 17.1. The van der Waals surface area contributed by atoms with Gasteiger partial charge >= 0.3 is 11.9 Å². The average Bonchev–Trinajstić information content (AvgIpc) is 2.72. The molecule has 2 heterocycles. The Balaban J connectivity index is 0. The number of carbonyl (C=O) groups is 2. The highest BCUT2D eigenvalue weighted by Crippen LogP contribution is 2.02. The number of nitrogens with zero attached hydrogens (tertiary/aromatic N) is 4. The molecule has 0 unspecified atom stereocenters. The second-order valence-electron chi connectivity index (χ2n) is 4.15. The van der Waals surface area contributed by atoms with Crippen LogP contribution in [0.25, 0.3) is 0 Å². The van der Waals surface area contributed by atoms with Crippen molar-refractivity contribution in [3.8, 4) is 0 Å². The van der Waals surface area contributed by atoms with E-state index in [1.54, 1.807) is 13.8 Å². The van der Waals surface area contributed by atoms with Crippen LogP contribution in [-0.4, -0.2) is 45.3 Å². The molecule has 2 rings (SSSR count). The molecule has 28 heavy (non-hydrogen) atoms. The van der Waals surface area contributed by atoms with Gasteiger partial charge in [-0.1, -0.05) is 27.7 Å². The fourth-order valence-corrected chi connectivity index (χ4v) is 1.35. The fourth-order valence-electron chi connectivity index (χ4n) is 1.35. The van der Waals surface area contributed by atoms with Crippen molar-refractivity contribution in [2.75, 3.05) is 24.7 Å². The minimum atomic E-state index is -0.530. The van der Waals surface area contributed by atoms with Crippen LogP contribution in [0.15, 0.2) is 24.7 Å². The Morgan fingerprint density at radius 1 is 0.893 bits per heavy atom. The lowest BCUT2D eigenvalue weighted by Crippen LogP contribution is -2.09. The maximum absolute atomic E-state index is 11.1. The van der Waals surface area contributed by atoms with Crippen molar-refractivity contribution in [1.29, 1.82) is 0 Å². The molecule has 10 heteroatoms. The first kappa shape index (κ1) is 26.9. The number of aromatic nitrogens is 4. The van der Waals surface area contributed by atoms with Crippen LogP contribution in [-0.2, 0) is 9.47 Å². The monoisotopic (exact) mass is 394 g/mol.